The van der Waals surface area contributed by atoms with Crippen molar-refractivity contribution in [3.63, 3.8) is 0 Å². The van der Waals surface area contributed by atoms with E-state index < -0.39 is 10.0 Å². The van der Waals surface area contributed by atoms with E-state index in [1.54, 1.807) is 61.3 Å². The fourth-order valence-corrected chi connectivity index (χ4v) is 5.42. The second-order valence-corrected chi connectivity index (χ2v) is 10.1. The van der Waals surface area contributed by atoms with Crippen molar-refractivity contribution in [2.75, 3.05) is 23.1 Å². The first kappa shape index (κ1) is 23.2. The Hall–Kier alpha value is -2.42. The minimum absolute atomic E-state index is 0.117. The molecule has 6 nitrogen and oxygen atoms in total. The monoisotopic (exact) mass is 478 g/mol. The highest BCUT2D eigenvalue weighted by molar-refractivity contribution is 7.98. The van der Waals surface area contributed by atoms with Gasteiger partial charge in [-0.3, -0.25) is 9.10 Å². The van der Waals surface area contributed by atoms with Crippen LogP contribution in [0.2, 0.25) is 5.02 Å². The van der Waals surface area contributed by atoms with Crippen LogP contribution < -0.4 is 9.62 Å². The third-order valence-electron chi connectivity index (χ3n) is 4.44. The molecule has 0 bridgehead atoms. The van der Waals surface area contributed by atoms with Gasteiger partial charge in [-0.2, -0.15) is 11.8 Å². The number of nitrogens with zero attached hydrogens (tertiary/aromatic N) is 1. The van der Waals surface area contributed by atoms with E-state index in [1.807, 2.05) is 12.1 Å². The van der Waals surface area contributed by atoms with Crippen LogP contribution in [0.1, 0.15) is 11.3 Å². The molecule has 0 saturated carbocycles. The summed E-state index contributed by atoms with van der Waals surface area (Å²) >= 11 is 7.66. The lowest BCUT2D eigenvalue weighted by Gasteiger charge is -2.25. The summed E-state index contributed by atoms with van der Waals surface area (Å²) in [6, 6.07) is 16.7. The van der Waals surface area contributed by atoms with E-state index in [2.05, 4.69) is 5.32 Å². The minimum atomic E-state index is -3.94. The zero-order valence-corrected chi connectivity index (χ0v) is 19.3. The van der Waals surface area contributed by atoms with E-state index in [0.717, 1.165) is 10.1 Å². The predicted molar refractivity (Wildman–Crippen MR) is 125 cm³/mol. The Labute approximate surface area is 191 Å². The first-order valence-corrected chi connectivity index (χ1v) is 12.6. The van der Waals surface area contributed by atoms with Crippen molar-refractivity contribution < 1.29 is 17.6 Å². The van der Waals surface area contributed by atoms with Gasteiger partial charge in [-0.15, -0.1) is 0 Å². The molecule has 0 unspecified atom stereocenters. The van der Waals surface area contributed by atoms with E-state index in [4.69, 9.17) is 16.0 Å². The van der Waals surface area contributed by atoms with Crippen LogP contribution in [0, 0.1) is 6.92 Å². The van der Waals surface area contributed by atoms with Gasteiger partial charge in [-0.25, -0.2) is 8.42 Å². The Balaban J connectivity index is 1.70. The Morgan fingerprint density at radius 1 is 1.13 bits per heavy atom. The van der Waals surface area contributed by atoms with Crippen LogP contribution in [0.5, 0.6) is 0 Å². The number of nitrogens with one attached hydrogen (secondary N) is 1. The van der Waals surface area contributed by atoms with E-state index in [-0.39, 0.29) is 17.3 Å². The largest absolute Gasteiger partial charge is 0.468 e. The first-order chi connectivity index (χ1) is 14.9. The quantitative estimate of drug-likeness (QED) is 0.434. The molecule has 0 aliphatic heterocycles. The van der Waals surface area contributed by atoms with Crippen molar-refractivity contribution >= 4 is 45.0 Å². The molecule has 0 saturated heterocycles. The number of aryl methyl sites for hydroxylation is 1. The molecule has 3 rings (SSSR count). The summed E-state index contributed by atoms with van der Waals surface area (Å²) in [5.41, 5.74) is 1.07. The van der Waals surface area contributed by atoms with Crippen molar-refractivity contribution in [1.29, 1.82) is 0 Å². The minimum Gasteiger partial charge on any atom is -0.468 e. The molecule has 0 spiro atoms. The number of benzene rings is 2. The number of halogens is 1. The molecule has 9 heteroatoms. The summed E-state index contributed by atoms with van der Waals surface area (Å²) in [7, 11) is -3.94. The molecular formula is C22H23ClN2O4S2. The Kier molecular flexibility index (Phi) is 8.06. The maximum atomic E-state index is 13.3. The van der Waals surface area contributed by atoms with Crippen LogP contribution in [-0.4, -0.2) is 33.2 Å². The summed E-state index contributed by atoms with van der Waals surface area (Å²) in [6.45, 7) is 1.85. The molecule has 1 heterocycles. The van der Waals surface area contributed by atoms with Crippen LogP contribution in [0.25, 0.3) is 0 Å². The number of amides is 1. The fourth-order valence-electron chi connectivity index (χ4n) is 2.93. The van der Waals surface area contributed by atoms with Crippen molar-refractivity contribution in [3.8, 4) is 0 Å². The van der Waals surface area contributed by atoms with Gasteiger partial charge in [0.15, 0.2) is 0 Å². The average molecular weight is 479 g/mol. The topological polar surface area (TPSA) is 79.6 Å². The molecular weight excluding hydrogens is 456 g/mol. The lowest BCUT2D eigenvalue weighted by Crippen LogP contribution is -2.41. The van der Waals surface area contributed by atoms with Crippen molar-refractivity contribution in [2.24, 2.45) is 0 Å². The van der Waals surface area contributed by atoms with Crippen LogP contribution in [0.15, 0.2) is 76.2 Å². The molecule has 0 aliphatic rings. The zero-order chi connectivity index (χ0) is 22.3. The van der Waals surface area contributed by atoms with Crippen molar-refractivity contribution in [3.05, 3.63) is 83.3 Å². The molecule has 3 aromatic rings. The highest BCUT2D eigenvalue weighted by atomic mass is 35.5. The first-order valence-electron chi connectivity index (χ1n) is 9.58. The van der Waals surface area contributed by atoms with E-state index >= 15 is 0 Å². The van der Waals surface area contributed by atoms with E-state index in [9.17, 15) is 13.2 Å². The molecule has 0 atom stereocenters. The average Bonchev–Trinajstić information content (AvgIpc) is 3.26. The van der Waals surface area contributed by atoms with E-state index in [0.29, 0.717) is 34.3 Å². The molecule has 0 aliphatic carbocycles. The van der Waals surface area contributed by atoms with Crippen molar-refractivity contribution in [1.82, 2.24) is 5.32 Å². The lowest BCUT2D eigenvalue weighted by atomic mass is 10.2. The van der Waals surface area contributed by atoms with Gasteiger partial charge >= 0.3 is 0 Å². The molecule has 0 radical (unpaired) electrons. The maximum Gasteiger partial charge on any atom is 0.264 e. The number of hydrogen-bond acceptors (Lipinski definition) is 5. The predicted octanol–water partition coefficient (Wildman–Crippen LogP) is 4.49. The fraction of sp³-hybridized carbons (Fsp3) is 0.227. The number of thioether (sulfide) groups is 1. The number of carbonyl (C=O) groups excluding carboxylic acids is 1. The van der Waals surface area contributed by atoms with Crippen LogP contribution in [0.4, 0.5) is 5.69 Å². The molecule has 1 amide bonds. The van der Waals surface area contributed by atoms with Gasteiger partial charge in [-0.05, 0) is 55.0 Å². The highest BCUT2D eigenvalue weighted by Crippen LogP contribution is 2.28. The number of furan rings is 1. The third kappa shape index (κ3) is 6.29. The number of anilines is 1. The Morgan fingerprint density at radius 2 is 1.90 bits per heavy atom. The maximum absolute atomic E-state index is 13.3. The zero-order valence-electron chi connectivity index (χ0n) is 17.0. The van der Waals surface area contributed by atoms with E-state index in [1.165, 1.54) is 12.1 Å². The molecule has 0 fully saturated rings. The van der Waals surface area contributed by atoms with Crippen LogP contribution >= 0.6 is 23.4 Å². The van der Waals surface area contributed by atoms with Gasteiger partial charge in [0.25, 0.3) is 10.0 Å². The van der Waals surface area contributed by atoms with Crippen LogP contribution in [0.3, 0.4) is 0 Å². The third-order valence-corrected chi connectivity index (χ3v) is 7.43. The number of carbonyl (C=O) groups is 1. The van der Waals surface area contributed by atoms with Gasteiger partial charge in [0, 0.05) is 17.3 Å². The molecule has 31 heavy (non-hydrogen) atoms. The number of sulfonamides is 1. The number of hydrogen-bond donors (Lipinski definition) is 1. The van der Waals surface area contributed by atoms with Crippen LogP contribution in [-0.2, 0) is 20.6 Å². The SMILES string of the molecule is Cc1cc(Cl)ccc1N(CC(=O)NCCSCc1ccco1)S(=O)(=O)c1ccccc1. The van der Waals surface area contributed by atoms with Gasteiger partial charge in [0.05, 0.1) is 22.6 Å². The molecule has 2 aromatic carbocycles. The molecule has 1 N–H and O–H groups in total. The van der Waals surface area contributed by atoms with Gasteiger partial charge in [-0.1, -0.05) is 29.8 Å². The summed E-state index contributed by atoms with van der Waals surface area (Å²) in [5, 5.41) is 3.29. The second-order valence-electron chi connectivity index (χ2n) is 6.74. The smallest absolute Gasteiger partial charge is 0.264 e. The molecule has 1 aromatic heterocycles. The summed E-state index contributed by atoms with van der Waals surface area (Å²) in [6.07, 6.45) is 1.62. The summed E-state index contributed by atoms with van der Waals surface area (Å²) < 4.78 is 33.0. The van der Waals surface area contributed by atoms with Gasteiger partial charge in [0.1, 0.15) is 12.3 Å². The summed E-state index contributed by atoms with van der Waals surface area (Å²) in [4.78, 5) is 12.7. The Bertz CT molecular complexity index is 1100. The standard InChI is InChI=1S/C22H23ClN2O4S2/c1-17-14-18(23)9-10-21(17)25(31(27,28)20-7-3-2-4-8-20)15-22(26)24-11-13-30-16-19-6-5-12-29-19/h2-10,12,14H,11,13,15-16H2,1H3,(H,24,26). The Morgan fingerprint density at radius 3 is 2.58 bits per heavy atom. The molecule has 164 valence electrons. The summed E-state index contributed by atoms with van der Waals surface area (Å²) in [5.74, 6) is 1.88. The highest BCUT2D eigenvalue weighted by Gasteiger charge is 2.28. The number of rotatable bonds is 10. The van der Waals surface area contributed by atoms with Gasteiger partial charge in [0.2, 0.25) is 5.91 Å². The van der Waals surface area contributed by atoms with Crippen molar-refractivity contribution in [2.45, 2.75) is 17.6 Å². The lowest BCUT2D eigenvalue weighted by molar-refractivity contribution is -0.119. The second kappa shape index (κ2) is 10.7. The normalized spacial score (nSPS) is 11.3. The van der Waals surface area contributed by atoms with Gasteiger partial charge < -0.3 is 9.73 Å².